The molecule has 0 N–H and O–H groups in total. The normalized spacial score (nSPS) is 14.5. The molecule has 2 aromatic carbocycles. The van der Waals surface area contributed by atoms with Gasteiger partial charge in [0.2, 0.25) is 5.91 Å². The number of benzene rings is 2. The molecule has 1 aromatic heterocycles. The maximum atomic E-state index is 13.9. The Bertz CT molecular complexity index is 1060. The lowest BCUT2D eigenvalue weighted by atomic mass is 10.1. The number of hydrogen-bond acceptors (Lipinski definition) is 5. The average molecular weight is 476 g/mol. The van der Waals surface area contributed by atoms with Gasteiger partial charge in [-0.15, -0.1) is 0 Å². The standard InChI is InChI=1S/C24H24ClF2N3O3/c25-17-4-6-18(7-5-17)32-15-14-29-10-12-30(13-11-29)23(31)9-8-22-28-16-21(33-22)24-19(26)2-1-3-20(24)27/h1-7,16H,8-15H2. The molecular weight excluding hydrogens is 452 g/mol. The molecule has 9 heteroatoms. The van der Waals surface area contributed by atoms with Crippen LogP contribution in [0.2, 0.25) is 5.02 Å². The first-order chi connectivity index (χ1) is 16.0. The van der Waals surface area contributed by atoms with Gasteiger partial charge in [-0.1, -0.05) is 17.7 Å². The number of oxazole rings is 1. The third-order valence-electron chi connectivity index (χ3n) is 5.53. The third-order valence-corrected chi connectivity index (χ3v) is 5.78. The van der Waals surface area contributed by atoms with E-state index in [4.69, 9.17) is 20.8 Å². The number of aromatic nitrogens is 1. The van der Waals surface area contributed by atoms with Crippen molar-refractivity contribution in [3.05, 3.63) is 71.2 Å². The molecule has 0 saturated carbocycles. The first-order valence-electron chi connectivity index (χ1n) is 10.8. The number of carbonyl (C=O) groups is 1. The van der Waals surface area contributed by atoms with E-state index >= 15 is 0 Å². The van der Waals surface area contributed by atoms with Crippen molar-refractivity contribution in [2.75, 3.05) is 39.3 Å². The summed E-state index contributed by atoms with van der Waals surface area (Å²) in [7, 11) is 0. The Kier molecular flexibility index (Phi) is 7.57. The Labute approximate surface area is 195 Å². The Morgan fingerprint density at radius 1 is 1.06 bits per heavy atom. The number of amides is 1. The van der Waals surface area contributed by atoms with Crippen molar-refractivity contribution in [3.8, 4) is 17.1 Å². The summed E-state index contributed by atoms with van der Waals surface area (Å²) in [6.45, 7) is 4.14. The van der Waals surface area contributed by atoms with Crippen molar-refractivity contribution < 1.29 is 22.7 Å². The number of halogens is 3. The molecule has 33 heavy (non-hydrogen) atoms. The zero-order chi connectivity index (χ0) is 23.2. The van der Waals surface area contributed by atoms with Gasteiger partial charge in [0, 0.05) is 50.6 Å². The molecule has 1 aliphatic heterocycles. The van der Waals surface area contributed by atoms with Gasteiger partial charge >= 0.3 is 0 Å². The van der Waals surface area contributed by atoms with E-state index in [-0.39, 0.29) is 36.0 Å². The van der Waals surface area contributed by atoms with E-state index in [0.717, 1.165) is 37.5 Å². The lowest BCUT2D eigenvalue weighted by Gasteiger charge is -2.34. The second kappa shape index (κ2) is 10.8. The van der Waals surface area contributed by atoms with Crippen LogP contribution in [-0.4, -0.2) is 60.0 Å². The van der Waals surface area contributed by atoms with Crippen molar-refractivity contribution in [3.63, 3.8) is 0 Å². The number of hydrogen-bond donors (Lipinski definition) is 0. The Hall–Kier alpha value is -2.97. The summed E-state index contributed by atoms with van der Waals surface area (Å²) < 4.78 is 39.0. The molecule has 0 aliphatic carbocycles. The molecule has 0 unspecified atom stereocenters. The molecular formula is C24H24ClF2N3O3. The van der Waals surface area contributed by atoms with Gasteiger partial charge in [-0.3, -0.25) is 9.69 Å². The maximum absolute atomic E-state index is 13.9. The molecule has 2 heterocycles. The Balaban J connectivity index is 1.19. The highest BCUT2D eigenvalue weighted by molar-refractivity contribution is 6.30. The van der Waals surface area contributed by atoms with Gasteiger partial charge in [0.05, 0.1) is 11.8 Å². The van der Waals surface area contributed by atoms with Gasteiger partial charge < -0.3 is 14.1 Å². The molecule has 174 valence electrons. The lowest BCUT2D eigenvalue weighted by molar-refractivity contribution is -0.133. The quantitative estimate of drug-likeness (QED) is 0.482. The van der Waals surface area contributed by atoms with Crippen molar-refractivity contribution in [2.24, 2.45) is 0 Å². The summed E-state index contributed by atoms with van der Waals surface area (Å²) in [4.78, 5) is 20.7. The molecule has 0 bridgehead atoms. The number of ether oxygens (including phenoxy) is 1. The fraction of sp³-hybridized carbons (Fsp3) is 0.333. The van der Waals surface area contributed by atoms with Crippen LogP contribution >= 0.6 is 11.6 Å². The molecule has 1 amide bonds. The van der Waals surface area contributed by atoms with Crippen LogP contribution < -0.4 is 4.74 Å². The third kappa shape index (κ3) is 6.09. The van der Waals surface area contributed by atoms with Gasteiger partial charge in [-0.05, 0) is 36.4 Å². The topological polar surface area (TPSA) is 58.8 Å². The summed E-state index contributed by atoms with van der Waals surface area (Å²) in [5.41, 5.74) is -0.251. The molecule has 0 radical (unpaired) electrons. The highest BCUT2D eigenvalue weighted by Gasteiger charge is 2.22. The smallest absolute Gasteiger partial charge is 0.223 e. The summed E-state index contributed by atoms with van der Waals surface area (Å²) in [5, 5.41) is 0.672. The minimum Gasteiger partial charge on any atom is -0.492 e. The number of nitrogens with zero attached hydrogens (tertiary/aromatic N) is 3. The van der Waals surface area contributed by atoms with Crippen LogP contribution in [0, 0.1) is 11.6 Å². The molecule has 0 spiro atoms. The van der Waals surface area contributed by atoms with Crippen molar-refractivity contribution in [1.82, 2.24) is 14.8 Å². The summed E-state index contributed by atoms with van der Waals surface area (Å²) in [6.07, 6.45) is 1.77. The molecule has 1 fully saturated rings. The number of aryl methyl sites for hydroxylation is 1. The average Bonchev–Trinajstić information content (AvgIpc) is 3.28. The molecule has 1 aliphatic rings. The van der Waals surface area contributed by atoms with E-state index in [2.05, 4.69) is 9.88 Å². The second-order valence-electron chi connectivity index (χ2n) is 7.74. The van der Waals surface area contributed by atoms with Crippen LogP contribution in [0.4, 0.5) is 8.78 Å². The van der Waals surface area contributed by atoms with E-state index < -0.39 is 11.6 Å². The monoisotopic (exact) mass is 475 g/mol. The molecule has 6 nitrogen and oxygen atoms in total. The van der Waals surface area contributed by atoms with Crippen LogP contribution in [0.15, 0.2) is 53.1 Å². The van der Waals surface area contributed by atoms with E-state index in [9.17, 15) is 13.6 Å². The van der Waals surface area contributed by atoms with E-state index in [1.807, 2.05) is 17.0 Å². The fourth-order valence-corrected chi connectivity index (χ4v) is 3.82. The summed E-state index contributed by atoms with van der Waals surface area (Å²) in [5.74, 6) is -0.360. The minimum absolute atomic E-state index is 0.00360. The number of piperazine rings is 1. The fourth-order valence-electron chi connectivity index (χ4n) is 3.69. The van der Waals surface area contributed by atoms with Crippen LogP contribution in [0.3, 0.4) is 0 Å². The van der Waals surface area contributed by atoms with Gasteiger partial charge in [-0.2, -0.15) is 0 Å². The second-order valence-corrected chi connectivity index (χ2v) is 8.18. The van der Waals surface area contributed by atoms with Crippen molar-refractivity contribution >= 4 is 17.5 Å². The van der Waals surface area contributed by atoms with Gasteiger partial charge in [-0.25, -0.2) is 13.8 Å². The highest BCUT2D eigenvalue weighted by atomic mass is 35.5. The largest absolute Gasteiger partial charge is 0.492 e. The Morgan fingerprint density at radius 2 is 1.76 bits per heavy atom. The highest BCUT2D eigenvalue weighted by Crippen LogP contribution is 2.27. The number of rotatable bonds is 8. The summed E-state index contributed by atoms with van der Waals surface area (Å²) >= 11 is 5.87. The maximum Gasteiger partial charge on any atom is 0.223 e. The van der Waals surface area contributed by atoms with Crippen LogP contribution in [0.5, 0.6) is 5.75 Å². The zero-order valence-electron chi connectivity index (χ0n) is 18.0. The Morgan fingerprint density at radius 3 is 2.45 bits per heavy atom. The van der Waals surface area contributed by atoms with E-state index in [0.29, 0.717) is 24.7 Å². The SMILES string of the molecule is O=C(CCc1ncc(-c2c(F)cccc2F)o1)N1CCN(CCOc2ccc(Cl)cc2)CC1. The molecule has 3 aromatic rings. The number of carbonyl (C=O) groups excluding carboxylic acids is 1. The van der Waals surface area contributed by atoms with Crippen molar-refractivity contribution in [2.45, 2.75) is 12.8 Å². The predicted octanol–water partition coefficient (Wildman–Crippen LogP) is 4.43. The van der Waals surface area contributed by atoms with Gasteiger partial charge in [0.25, 0.3) is 0 Å². The van der Waals surface area contributed by atoms with E-state index in [1.54, 1.807) is 12.1 Å². The summed E-state index contributed by atoms with van der Waals surface area (Å²) in [6, 6.07) is 10.9. The molecule has 1 saturated heterocycles. The zero-order valence-corrected chi connectivity index (χ0v) is 18.7. The predicted molar refractivity (Wildman–Crippen MR) is 120 cm³/mol. The van der Waals surface area contributed by atoms with Crippen LogP contribution in [-0.2, 0) is 11.2 Å². The minimum atomic E-state index is -0.717. The molecule has 4 rings (SSSR count). The van der Waals surface area contributed by atoms with Crippen LogP contribution in [0.1, 0.15) is 12.3 Å². The van der Waals surface area contributed by atoms with E-state index in [1.165, 1.54) is 12.3 Å². The van der Waals surface area contributed by atoms with Gasteiger partial charge in [0.15, 0.2) is 11.7 Å². The van der Waals surface area contributed by atoms with Gasteiger partial charge in [0.1, 0.15) is 24.0 Å². The first kappa shape index (κ1) is 23.2. The first-order valence-corrected chi connectivity index (χ1v) is 11.1. The lowest BCUT2D eigenvalue weighted by Crippen LogP contribution is -2.49. The van der Waals surface area contributed by atoms with Crippen molar-refractivity contribution in [1.29, 1.82) is 0 Å². The molecule has 0 atom stereocenters. The van der Waals surface area contributed by atoms with Crippen LogP contribution in [0.25, 0.3) is 11.3 Å².